The lowest BCUT2D eigenvalue weighted by atomic mass is 9.88. The van der Waals surface area contributed by atoms with E-state index < -0.39 is 18.5 Å². The molecular weight excluding hydrogens is 478 g/mol. The van der Waals surface area contributed by atoms with Crippen LogP contribution in [0.1, 0.15) is 91.4 Å². The molecule has 0 spiro atoms. The van der Waals surface area contributed by atoms with Gasteiger partial charge in [0.2, 0.25) is 0 Å². The summed E-state index contributed by atoms with van der Waals surface area (Å²) < 4.78 is 16.3. The van der Waals surface area contributed by atoms with Crippen molar-refractivity contribution in [2.75, 3.05) is 13.8 Å². The summed E-state index contributed by atoms with van der Waals surface area (Å²) in [5.41, 5.74) is 1.05. The number of hydrogen-bond acceptors (Lipinski definition) is 9. The molecule has 0 aromatic heterocycles. The van der Waals surface area contributed by atoms with E-state index in [0.29, 0.717) is 18.6 Å². The minimum atomic E-state index is -1.02. The van der Waals surface area contributed by atoms with Crippen LogP contribution >= 0.6 is 0 Å². The van der Waals surface area contributed by atoms with Crippen molar-refractivity contribution in [3.63, 3.8) is 0 Å². The summed E-state index contributed by atoms with van der Waals surface area (Å²) in [7, 11) is 1.81. The summed E-state index contributed by atoms with van der Waals surface area (Å²) in [6.45, 7) is 9.71. The van der Waals surface area contributed by atoms with Crippen LogP contribution < -0.4 is 5.32 Å². The van der Waals surface area contributed by atoms with Crippen molar-refractivity contribution in [1.29, 1.82) is 0 Å². The largest absolute Gasteiger partial charge is 0.393 e. The van der Waals surface area contributed by atoms with Gasteiger partial charge in [-0.25, -0.2) is 0 Å². The number of aliphatic hydroxyl groups is 4. The second-order valence-electron chi connectivity index (χ2n) is 10.5. The number of rotatable bonds is 14. The highest BCUT2D eigenvalue weighted by molar-refractivity contribution is 5.56. The van der Waals surface area contributed by atoms with Gasteiger partial charge in [0.15, 0.2) is 12.6 Å². The Morgan fingerprint density at radius 1 is 1.16 bits per heavy atom. The molecule has 218 valence electrons. The van der Waals surface area contributed by atoms with E-state index in [9.17, 15) is 20.1 Å². The van der Waals surface area contributed by atoms with Gasteiger partial charge >= 0.3 is 0 Å². The van der Waals surface area contributed by atoms with Crippen molar-refractivity contribution in [1.82, 2.24) is 5.32 Å². The fourth-order valence-corrected chi connectivity index (χ4v) is 5.00. The number of ether oxygens (including phenoxy) is 3. The molecule has 2 aliphatic rings. The molecule has 9 atom stereocenters. The first kappa shape index (κ1) is 34.1. The summed E-state index contributed by atoms with van der Waals surface area (Å²) in [5.74, 6) is 0.572. The topological polar surface area (TPSA) is 138 Å². The highest BCUT2D eigenvalue weighted by Gasteiger charge is 2.32. The monoisotopic (exact) mass is 531 g/mol. The molecule has 2 rings (SSSR count). The molecule has 9 heteroatoms. The van der Waals surface area contributed by atoms with Gasteiger partial charge in [-0.1, -0.05) is 38.8 Å². The highest BCUT2D eigenvalue weighted by atomic mass is 16.6. The molecule has 4 unspecified atom stereocenters. The quantitative estimate of drug-likeness (QED) is 0.130. The van der Waals surface area contributed by atoms with E-state index in [1.165, 1.54) is 0 Å². The lowest BCUT2D eigenvalue weighted by Crippen LogP contribution is -2.40. The lowest BCUT2D eigenvalue weighted by Gasteiger charge is -2.35. The first-order valence-corrected chi connectivity index (χ1v) is 14.0. The van der Waals surface area contributed by atoms with Gasteiger partial charge in [0.25, 0.3) is 0 Å². The molecule has 0 aliphatic carbocycles. The maximum absolute atomic E-state index is 10.5. The zero-order valence-corrected chi connectivity index (χ0v) is 23.4. The molecule has 0 radical (unpaired) electrons. The van der Waals surface area contributed by atoms with Gasteiger partial charge in [-0.05, 0) is 77.7 Å². The molecule has 0 aromatic rings. The third-order valence-corrected chi connectivity index (χ3v) is 7.79. The van der Waals surface area contributed by atoms with Crippen LogP contribution in [-0.4, -0.2) is 83.6 Å². The summed E-state index contributed by atoms with van der Waals surface area (Å²) >= 11 is 0. The number of carbonyl (C=O) groups is 1. The van der Waals surface area contributed by atoms with E-state index in [1.807, 2.05) is 20.9 Å². The molecule has 37 heavy (non-hydrogen) atoms. The van der Waals surface area contributed by atoms with Gasteiger partial charge in [0.1, 0.15) is 19.1 Å². The fourth-order valence-electron chi connectivity index (χ4n) is 5.00. The number of nitrogens with one attached hydrogen (secondary N) is 1. The van der Waals surface area contributed by atoms with Crippen molar-refractivity contribution < 1.29 is 39.4 Å². The zero-order chi connectivity index (χ0) is 27.8. The van der Waals surface area contributed by atoms with E-state index in [2.05, 4.69) is 18.8 Å². The van der Waals surface area contributed by atoms with Crippen LogP contribution in [0.2, 0.25) is 0 Å². The predicted octanol–water partition coefficient (Wildman–Crippen LogP) is 3.03. The Balaban J connectivity index is 0.000000442. The predicted molar refractivity (Wildman–Crippen MR) is 143 cm³/mol. The smallest absolute Gasteiger partial charge is 0.154 e. The summed E-state index contributed by atoms with van der Waals surface area (Å²) in [5, 5.41) is 41.3. The Labute approximate surface area is 223 Å². The normalized spacial score (nSPS) is 29.8. The first-order valence-electron chi connectivity index (χ1n) is 14.0. The Morgan fingerprint density at radius 2 is 1.86 bits per heavy atom. The number of aliphatic hydroxyl groups excluding tert-OH is 4. The summed E-state index contributed by atoms with van der Waals surface area (Å²) in [6.07, 6.45) is 7.64. The molecule has 9 nitrogen and oxygen atoms in total. The minimum Gasteiger partial charge on any atom is -0.393 e. The van der Waals surface area contributed by atoms with Gasteiger partial charge in [-0.2, -0.15) is 0 Å². The average molecular weight is 532 g/mol. The number of aldehydes is 1. The van der Waals surface area contributed by atoms with Crippen molar-refractivity contribution in [2.24, 2.45) is 11.8 Å². The zero-order valence-electron chi connectivity index (χ0n) is 23.4. The third-order valence-electron chi connectivity index (χ3n) is 7.79. The molecule has 0 aromatic carbocycles. The summed E-state index contributed by atoms with van der Waals surface area (Å²) in [4.78, 5) is 10.3. The van der Waals surface area contributed by atoms with E-state index in [0.717, 1.165) is 69.8 Å². The lowest BCUT2D eigenvalue weighted by molar-refractivity contribution is -0.136. The molecule has 0 saturated carbocycles. The Bertz CT molecular complexity index is 621. The molecule has 2 heterocycles. The molecule has 2 aliphatic heterocycles. The van der Waals surface area contributed by atoms with E-state index >= 15 is 0 Å². The second-order valence-corrected chi connectivity index (χ2v) is 10.5. The molecule has 0 bridgehead atoms. The van der Waals surface area contributed by atoms with Crippen LogP contribution in [0, 0.1) is 11.8 Å². The number of hydrogen-bond donors (Lipinski definition) is 5. The molecule has 0 amide bonds. The van der Waals surface area contributed by atoms with Gasteiger partial charge in [0, 0.05) is 5.92 Å². The SMILES string of the molecule is C=C1CC([C@H](O)C=O)O[C@H](C)C1C.CCC(CCC[C@@H](NC)OCO)[C@H](O)CC[C@H]1CCCCC(O)O1. The maximum atomic E-state index is 10.5. The van der Waals surface area contributed by atoms with Crippen molar-refractivity contribution in [3.05, 3.63) is 12.2 Å². The van der Waals surface area contributed by atoms with Crippen molar-refractivity contribution in [2.45, 2.75) is 134 Å². The average Bonchev–Trinajstić information content (AvgIpc) is 3.10. The second kappa shape index (κ2) is 19.2. The van der Waals surface area contributed by atoms with Gasteiger partial charge in [-0.15, -0.1) is 0 Å². The van der Waals surface area contributed by atoms with Gasteiger partial charge in [-0.3, -0.25) is 5.32 Å². The van der Waals surface area contributed by atoms with E-state index in [1.54, 1.807) is 0 Å². The van der Waals surface area contributed by atoms with Crippen molar-refractivity contribution >= 4 is 6.29 Å². The summed E-state index contributed by atoms with van der Waals surface area (Å²) in [6, 6.07) is 0. The minimum absolute atomic E-state index is 0.0286. The van der Waals surface area contributed by atoms with Gasteiger partial charge < -0.3 is 39.4 Å². The standard InChI is InChI=1S/C18H37NO5.C10H16O3/c1-3-14(7-6-9-17(19-2)23-13-20)16(21)12-11-15-8-4-5-10-18(22)24-15;1-6-4-10(9(12)5-11)13-8(3)7(6)2/h14-22H,3-13H2,1-2H3;5,7-10,12H,1,4H2,2-3H3/t14?,15-,16-,17+,18?;7?,8-,9-,10?/m11/s1. The molecule has 2 saturated heterocycles. The Kier molecular flexibility index (Phi) is 17.7. The Morgan fingerprint density at radius 3 is 2.46 bits per heavy atom. The first-order chi connectivity index (χ1) is 17.7. The molecular formula is C28H53NO8. The van der Waals surface area contributed by atoms with Crippen molar-refractivity contribution in [3.8, 4) is 0 Å². The molecule has 2 fully saturated rings. The highest BCUT2D eigenvalue weighted by Crippen LogP contribution is 2.29. The van der Waals surface area contributed by atoms with Crippen LogP contribution in [0.3, 0.4) is 0 Å². The maximum Gasteiger partial charge on any atom is 0.154 e. The van der Waals surface area contributed by atoms with E-state index in [4.69, 9.17) is 19.3 Å². The van der Waals surface area contributed by atoms with Crippen LogP contribution in [0.5, 0.6) is 0 Å². The van der Waals surface area contributed by atoms with Crippen LogP contribution in [0.15, 0.2) is 12.2 Å². The van der Waals surface area contributed by atoms with Gasteiger partial charge in [0.05, 0.1) is 24.4 Å². The third kappa shape index (κ3) is 13.1. The van der Waals surface area contributed by atoms with E-state index in [-0.39, 0.29) is 37.3 Å². The number of carbonyl (C=O) groups excluding carboxylic acids is 1. The Hall–Kier alpha value is -0.910. The fraction of sp³-hybridized carbons (Fsp3) is 0.893. The van der Waals surface area contributed by atoms with Crippen LogP contribution in [0.25, 0.3) is 0 Å². The van der Waals surface area contributed by atoms with Crippen LogP contribution in [-0.2, 0) is 19.0 Å². The molecule has 5 N–H and O–H groups in total. The van der Waals surface area contributed by atoms with Crippen LogP contribution in [0.4, 0.5) is 0 Å².